The predicted octanol–water partition coefficient (Wildman–Crippen LogP) is 2.04. The number of hydrogen-bond acceptors (Lipinski definition) is 4. The summed E-state index contributed by atoms with van der Waals surface area (Å²) in [6, 6.07) is 7.81. The van der Waals surface area contributed by atoms with Crippen LogP contribution in [0.3, 0.4) is 0 Å². The van der Waals surface area contributed by atoms with Gasteiger partial charge in [0.25, 0.3) is 0 Å². The van der Waals surface area contributed by atoms with E-state index in [-0.39, 0.29) is 17.4 Å². The van der Waals surface area contributed by atoms with Crippen molar-refractivity contribution in [2.45, 2.75) is 26.3 Å². The molecule has 1 unspecified atom stereocenters. The lowest BCUT2D eigenvalue weighted by molar-refractivity contribution is 0.0601. The fourth-order valence-electron chi connectivity index (χ4n) is 2.54. The number of nitrogens with zero attached hydrogens (tertiary/aromatic N) is 1. The first-order valence-corrected chi connectivity index (χ1v) is 6.63. The highest BCUT2D eigenvalue weighted by Crippen LogP contribution is 2.31. The minimum atomic E-state index is -0.296. The van der Waals surface area contributed by atoms with Crippen LogP contribution in [0, 0.1) is 5.41 Å². The van der Waals surface area contributed by atoms with E-state index in [1.807, 2.05) is 18.2 Å². The van der Waals surface area contributed by atoms with Gasteiger partial charge in [-0.05, 0) is 30.0 Å². The number of piperidine rings is 1. The summed E-state index contributed by atoms with van der Waals surface area (Å²) in [4.78, 5) is 13.9. The summed E-state index contributed by atoms with van der Waals surface area (Å²) in [5.74, 6) is -0.296. The summed E-state index contributed by atoms with van der Waals surface area (Å²) in [7, 11) is 1.40. The molecule has 2 rings (SSSR count). The summed E-state index contributed by atoms with van der Waals surface area (Å²) >= 11 is 0. The molecular weight excluding hydrogens is 240 g/mol. The van der Waals surface area contributed by atoms with E-state index in [4.69, 9.17) is 10.5 Å². The van der Waals surface area contributed by atoms with Gasteiger partial charge in [0.05, 0.1) is 12.7 Å². The Morgan fingerprint density at radius 2 is 2.21 bits per heavy atom. The third-order valence-electron chi connectivity index (χ3n) is 3.94. The minimum Gasteiger partial charge on any atom is -0.465 e. The maximum Gasteiger partial charge on any atom is 0.337 e. The van der Waals surface area contributed by atoms with Crippen LogP contribution in [0.15, 0.2) is 24.3 Å². The number of ether oxygens (including phenoxy) is 1. The molecule has 0 saturated carbocycles. The molecule has 4 nitrogen and oxygen atoms in total. The van der Waals surface area contributed by atoms with Crippen LogP contribution in [-0.4, -0.2) is 32.2 Å². The third kappa shape index (κ3) is 2.89. The first-order chi connectivity index (χ1) is 8.94. The van der Waals surface area contributed by atoms with Gasteiger partial charge in [-0.25, -0.2) is 4.79 Å². The van der Waals surface area contributed by atoms with Crippen LogP contribution in [-0.2, 0) is 4.74 Å². The molecule has 104 valence electrons. The molecule has 1 atom stereocenters. The molecule has 4 heteroatoms. The molecule has 19 heavy (non-hydrogen) atoms. The van der Waals surface area contributed by atoms with Gasteiger partial charge in [0, 0.05) is 24.8 Å². The third-order valence-corrected chi connectivity index (χ3v) is 3.94. The molecule has 0 aromatic heterocycles. The van der Waals surface area contributed by atoms with Gasteiger partial charge in [0.2, 0.25) is 0 Å². The maximum absolute atomic E-state index is 11.6. The molecule has 0 radical (unpaired) electrons. The average molecular weight is 262 g/mol. The lowest BCUT2D eigenvalue weighted by atomic mass is 9.79. The maximum atomic E-state index is 11.6. The summed E-state index contributed by atoms with van der Waals surface area (Å²) in [6.07, 6.45) is 0.968. The monoisotopic (exact) mass is 262 g/mol. The second-order valence-corrected chi connectivity index (χ2v) is 5.85. The molecule has 1 aromatic carbocycles. The van der Waals surface area contributed by atoms with Gasteiger partial charge < -0.3 is 15.4 Å². The standard InChI is InChI=1S/C15H22N2O2/c1-15(2)10-17(8-7-13(15)16)12-6-4-5-11(9-12)14(18)19-3/h4-6,9,13H,7-8,10,16H2,1-3H3. The highest BCUT2D eigenvalue weighted by Gasteiger charge is 2.33. The molecule has 1 aliphatic heterocycles. The van der Waals surface area contributed by atoms with E-state index in [2.05, 4.69) is 18.7 Å². The van der Waals surface area contributed by atoms with Crippen molar-refractivity contribution in [3.8, 4) is 0 Å². The second-order valence-electron chi connectivity index (χ2n) is 5.85. The normalized spacial score (nSPS) is 22.1. The number of rotatable bonds is 2. The first kappa shape index (κ1) is 13.9. The van der Waals surface area contributed by atoms with Gasteiger partial charge in [0.15, 0.2) is 0 Å². The van der Waals surface area contributed by atoms with Crippen LogP contribution in [0.4, 0.5) is 5.69 Å². The first-order valence-electron chi connectivity index (χ1n) is 6.63. The van der Waals surface area contributed by atoms with Gasteiger partial charge in [-0.3, -0.25) is 0 Å². The zero-order chi connectivity index (χ0) is 14.0. The smallest absolute Gasteiger partial charge is 0.337 e. The quantitative estimate of drug-likeness (QED) is 0.829. The lowest BCUT2D eigenvalue weighted by Gasteiger charge is -2.43. The molecule has 1 heterocycles. The van der Waals surface area contributed by atoms with E-state index in [1.54, 1.807) is 6.07 Å². The molecule has 0 aliphatic carbocycles. The Labute approximate surface area is 114 Å². The number of benzene rings is 1. The van der Waals surface area contributed by atoms with Crippen molar-refractivity contribution >= 4 is 11.7 Å². The molecular formula is C15H22N2O2. The number of hydrogen-bond donors (Lipinski definition) is 1. The largest absolute Gasteiger partial charge is 0.465 e. The van der Waals surface area contributed by atoms with Gasteiger partial charge in [-0.15, -0.1) is 0 Å². The number of nitrogens with two attached hydrogens (primary N) is 1. The van der Waals surface area contributed by atoms with Crippen molar-refractivity contribution in [3.63, 3.8) is 0 Å². The summed E-state index contributed by atoms with van der Waals surface area (Å²) in [6.45, 7) is 6.20. The van der Waals surface area contributed by atoms with E-state index >= 15 is 0 Å². The van der Waals surface area contributed by atoms with Crippen molar-refractivity contribution in [1.29, 1.82) is 0 Å². The van der Waals surface area contributed by atoms with Crippen LogP contribution in [0.5, 0.6) is 0 Å². The van der Waals surface area contributed by atoms with Crippen molar-refractivity contribution < 1.29 is 9.53 Å². The topological polar surface area (TPSA) is 55.6 Å². The van der Waals surface area contributed by atoms with Crippen LogP contribution < -0.4 is 10.6 Å². The number of anilines is 1. The molecule has 1 aromatic rings. The van der Waals surface area contributed by atoms with Gasteiger partial charge in [0.1, 0.15) is 0 Å². The number of methoxy groups -OCH3 is 1. The highest BCUT2D eigenvalue weighted by molar-refractivity contribution is 5.90. The second kappa shape index (κ2) is 5.21. The van der Waals surface area contributed by atoms with E-state index in [0.717, 1.165) is 25.2 Å². The Morgan fingerprint density at radius 1 is 1.47 bits per heavy atom. The zero-order valence-corrected chi connectivity index (χ0v) is 11.8. The predicted molar refractivity (Wildman–Crippen MR) is 76.4 cm³/mol. The number of carbonyl (C=O) groups is 1. The van der Waals surface area contributed by atoms with Crippen molar-refractivity contribution in [2.75, 3.05) is 25.1 Å². The fourth-order valence-corrected chi connectivity index (χ4v) is 2.54. The van der Waals surface area contributed by atoms with Gasteiger partial charge in [-0.2, -0.15) is 0 Å². The molecule has 1 aliphatic rings. The van der Waals surface area contributed by atoms with Crippen LogP contribution in [0.25, 0.3) is 0 Å². The Hall–Kier alpha value is -1.55. The molecule has 0 bridgehead atoms. The van der Waals surface area contributed by atoms with Crippen LogP contribution >= 0.6 is 0 Å². The fraction of sp³-hybridized carbons (Fsp3) is 0.533. The van der Waals surface area contributed by atoms with Gasteiger partial charge in [-0.1, -0.05) is 19.9 Å². The molecule has 1 saturated heterocycles. The minimum absolute atomic E-state index is 0.0829. The van der Waals surface area contributed by atoms with E-state index < -0.39 is 0 Å². The molecule has 0 amide bonds. The Balaban J connectivity index is 2.21. The van der Waals surface area contributed by atoms with Crippen LogP contribution in [0.1, 0.15) is 30.6 Å². The van der Waals surface area contributed by atoms with Crippen LogP contribution in [0.2, 0.25) is 0 Å². The van der Waals surface area contributed by atoms with Crippen molar-refractivity contribution in [2.24, 2.45) is 11.1 Å². The molecule has 1 fully saturated rings. The highest BCUT2D eigenvalue weighted by atomic mass is 16.5. The lowest BCUT2D eigenvalue weighted by Crippen LogP contribution is -2.52. The Morgan fingerprint density at radius 3 is 2.84 bits per heavy atom. The zero-order valence-electron chi connectivity index (χ0n) is 11.8. The Bertz CT molecular complexity index is 471. The van der Waals surface area contributed by atoms with Crippen molar-refractivity contribution in [3.05, 3.63) is 29.8 Å². The van der Waals surface area contributed by atoms with Gasteiger partial charge >= 0.3 is 5.97 Å². The van der Waals surface area contributed by atoms with E-state index in [9.17, 15) is 4.79 Å². The molecule has 2 N–H and O–H groups in total. The summed E-state index contributed by atoms with van der Waals surface area (Å²) in [5, 5.41) is 0. The number of carbonyl (C=O) groups excluding carboxylic acids is 1. The van der Waals surface area contributed by atoms with E-state index in [1.165, 1.54) is 7.11 Å². The average Bonchev–Trinajstić information content (AvgIpc) is 2.41. The van der Waals surface area contributed by atoms with E-state index in [0.29, 0.717) is 5.56 Å². The Kier molecular flexibility index (Phi) is 3.80. The molecule has 0 spiro atoms. The summed E-state index contributed by atoms with van der Waals surface area (Å²) < 4.78 is 4.76. The summed E-state index contributed by atoms with van der Waals surface area (Å²) in [5.41, 5.74) is 7.88. The van der Waals surface area contributed by atoms with Crippen molar-refractivity contribution in [1.82, 2.24) is 0 Å². The SMILES string of the molecule is COC(=O)c1cccc(N2CCC(N)C(C)(C)C2)c1. The number of esters is 1.